The number of rotatable bonds is 7. The molecule has 6 nitrogen and oxygen atoms in total. The van der Waals surface area contributed by atoms with Crippen molar-refractivity contribution in [2.24, 2.45) is 0 Å². The van der Waals surface area contributed by atoms with Crippen molar-refractivity contribution in [1.82, 2.24) is 5.32 Å². The molecule has 0 aliphatic rings. The van der Waals surface area contributed by atoms with Crippen molar-refractivity contribution in [3.63, 3.8) is 0 Å². The van der Waals surface area contributed by atoms with Gasteiger partial charge in [0.25, 0.3) is 5.91 Å². The first-order valence-corrected chi connectivity index (χ1v) is 8.15. The highest BCUT2D eigenvalue weighted by atomic mass is 19.1. The molecule has 0 atom stereocenters. The first-order chi connectivity index (χ1) is 13.0. The predicted molar refractivity (Wildman–Crippen MR) is 98.9 cm³/mol. The van der Waals surface area contributed by atoms with Crippen molar-refractivity contribution >= 4 is 17.5 Å². The second kappa shape index (κ2) is 10.5. The fourth-order valence-electron chi connectivity index (χ4n) is 2.00. The van der Waals surface area contributed by atoms with Gasteiger partial charge in [-0.3, -0.25) is 9.59 Å². The van der Waals surface area contributed by atoms with Crippen LogP contribution in [0.2, 0.25) is 0 Å². The molecule has 0 fully saturated rings. The number of para-hydroxylation sites is 1. The normalized spacial score (nSPS) is 9.56. The molecule has 0 unspecified atom stereocenters. The maximum Gasteiger partial charge on any atom is 0.258 e. The van der Waals surface area contributed by atoms with E-state index in [1.54, 1.807) is 30.3 Å². The highest BCUT2D eigenvalue weighted by molar-refractivity contribution is 5.88. The number of halogens is 1. The van der Waals surface area contributed by atoms with Crippen LogP contribution in [0.5, 0.6) is 11.5 Å². The van der Waals surface area contributed by atoms with Gasteiger partial charge in [-0.2, -0.15) is 0 Å². The van der Waals surface area contributed by atoms with E-state index in [-0.39, 0.29) is 31.4 Å². The van der Waals surface area contributed by atoms with E-state index < -0.39 is 11.7 Å². The third-order valence-corrected chi connectivity index (χ3v) is 3.16. The summed E-state index contributed by atoms with van der Waals surface area (Å²) in [5.74, 6) is 4.99. The zero-order valence-corrected chi connectivity index (χ0v) is 14.8. The average molecular weight is 370 g/mol. The molecule has 0 aromatic heterocycles. The first-order valence-electron chi connectivity index (χ1n) is 8.15. The van der Waals surface area contributed by atoms with Crippen LogP contribution >= 0.6 is 0 Å². The fourth-order valence-corrected chi connectivity index (χ4v) is 2.00. The second-order valence-corrected chi connectivity index (χ2v) is 5.35. The van der Waals surface area contributed by atoms with E-state index in [0.29, 0.717) is 11.4 Å². The number of benzene rings is 2. The van der Waals surface area contributed by atoms with Crippen molar-refractivity contribution in [3.05, 3.63) is 54.3 Å². The predicted octanol–water partition coefficient (Wildman–Crippen LogP) is 2.36. The van der Waals surface area contributed by atoms with Gasteiger partial charge in [-0.25, -0.2) is 4.39 Å². The minimum absolute atomic E-state index is 0.0219. The van der Waals surface area contributed by atoms with Crippen molar-refractivity contribution < 1.29 is 23.5 Å². The van der Waals surface area contributed by atoms with Crippen molar-refractivity contribution in [2.75, 3.05) is 25.1 Å². The second-order valence-electron chi connectivity index (χ2n) is 5.35. The molecular weight excluding hydrogens is 351 g/mol. The van der Waals surface area contributed by atoms with E-state index in [1.165, 1.54) is 25.1 Å². The number of carbonyl (C=O) groups is 2. The summed E-state index contributed by atoms with van der Waals surface area (Å²) in [6, 6.07) is 12.8. The summed E-state index contributed by atoms with van der Waals surface area (Å²) >= 11 is 0. The third kappa shape index (κ3) is 7.48. The van der Waals surface area contributed by atoms with Crippen molar-refractivity contribution in [1.29, 1.82) is 0 Å². The SMILES string of the molecule is CC(=O)Nc1cccc(OCC#CCNC(=O)COc2ccccc2F)c1. The van der Waals surface area contributed by atoms with Gasteiger partial charge in [0.05, 0.1) is 6.54 Å². The monoisotopic (exact) mass is 370 g/mol. The van der Waals surface area contributed by atoms with Crippen LogP contribution in [0.15, 0.2) is 48.5 Å². The molecule has 140 valence electrons. The van der Waals surface area contributed by atoms with Crippen LogP contribution < -0.4 is 20.1 Å². The number of ether oxygens (including phenoxy) is 2. The van der Waals surface area contributed by atoms with Crippen LogP contribution in [0.1, 0.15) is 6.92 Å². The van der Waals surface area contributed by atoms with Gasteiger partial charge in [0, 0.05) is 18.7 Å². The summed E-state index contributed by atoms with van der Waals surface area (Å²) in [5.41, 5.74) is 0.634. The molecule has 0 radical (unpaired) electrons. The lowest BCUT2D eigenvalue weighted by atomic mass is 10.3. The molecular formula is C20H19FN2O4. The van der Waals surface area contributed by atoms with Gasteiger partial charge >= 0.3 is 0 Å². The number of nitrogens with one attached hydrogen (secondary N) is 2. The Kier molecular flexibility index (Phi) is 7.67. The quantitative estimate of drug-likeness (QED) is 0.734. The Morgan fingerprint density at radius 3 is 2.67 bits per heavy atom. The maximum absolute atomic E-state index is 13.3. The smallest absolute Gasteiger partial charge is 0.258 e. The summed E-state index contributed by atoms with van der Waals surface area (Å²) in [6.45, 7) is 1.38. The number of amides is 2. The Bertz CT molecular complexity index is 858. The van der Waals surface area contributed by atoms with E-state index in [2.05, 4.69) is 22.5 Å². The summed E-state index contributed by atoms with van der Waals surface area (Å²) in [5, 5.41) is 5.20. The zero-order valence-electron chi connectivity index (χ0n) is 14.8. The Morgan fingerprint density at radius 1 is 1.07 bits per heavy atom. The number of carbonyl (C=O) groups excluding carboxylic acids is 2. The largest absolute Gasteiger partial charge is 0.481 e. The van der Waals surface area contributed by atoms with Crippen LogP contribution in [-0.2, 0) is 9.59 Å². The molecule has 2 amide bonds. The Balaban J connectivity index is 1.66. The lowest BCUT2D eigenvalue weighted by Crippen LogP contribution is -2.29. The van der Waals surface area contributed by atoms with E-state index in [9.17, 15) is 14.0 Å². The van der Waals surface area contributed by atoms with Crippen LogP contribution in [0, 0.1) is 17.7 Å². The molecule has 2 rings (SSSR count). The van der Waals surface area contributed by atoms with Crippen LogP contribution in [0.25, 0.3) is 0 Å². The fraction of sp³-hybridized carbons (Fsp3) is 0.200. The molecule has 0 spiro atoms. The van der Waals surface area contributed by atoms with Crippen molar-refractivity contribution in [3.8, 4) is 23.3 Å². The molecule has 0 saturated carbocycles. The molecule has 2 aromatic carbocycles. The van der Waals surface area contributed by atoms with E-state index in [1.807, 2.05) is 0 Å². The molecule has 2 aromatic rings. The molecule has 0 aliphatic carbocycles. The minimum Gasteiger partial charge on any atom is -0.481 e. The van der Waals surface area contributed by atoms with Crippen LogP contribution in [-0.4, -0.2) is 31.6 Å². The summed E-state index contributed by atoms with van der Waals surface area (Å²) in [6.07, 6.45) is 0. The van der Waals surface area contributed by atoms with Gasteiger partial charge < -0.3 is 20.1 Å². The number of hydrogen-bond acceptors (Lipinski definition) is 4. The van der Waals surface area contributed by atoms with Gasteiger partial charge in [-0.15, -0.1) is 0 Å². The van der Waals surface area contributed by atoms with E-state index in [0.717, 1.165) is 0 Å². The Hall–Kier alpha value is -3.53. The highest BCUT2D eigenvalue weighted by Crippen LogP contribution is 2.17. The van der Waals surface area contributed by atoms with E-state index in [4.69, 9.17) is 9.47 Å². The number of anilines is 1. The lowest BCUT2D eigenvalue weighted by molar-refractivity contribution is -0.122. The third-order valence-electron chi connectivity index (χ3n) is 3.16. The first kappa shape index (κ1) is 19.8. The number of hydrogen-bond donors (Lipinski definition) is 2. The Morgan fingerprint density at radius 2 is 1.89 bits per heavy atom. The van der Waals surface area contributed by atoms with Gasteiger partial charge in [-0.05, 0) is 24.3 Å². The van der Waals surface area contributed by atoms with Gasteiger partial charge in [0.15, 0.2) is 18.2 Å². The lowest BCUT2D eigenvalue weighted by Gasteiger charge is -2.06. The van der Waals surface area contributed by atoms with Crippen LogP contribution in [0.3, 0.4) is 0 Å². The molecule has 7 heteroatoms. The van der Waals surface area contributed by atoms with Crippen LogP contribution in [0.4, 0.5) is 10.1 Å². The summed E-state index contributed by atoms with van der Waals surface area (Å²) < 4.78 is 23.9. The Labute approximate surface area is 156 Å². The molecule has 2 N–H and O–H groups in total. The summed E-state index contributed by atoms with van der Waals surface area (Å²) in [7, 11) is 0. The van der Waals surface area contributed by atoms with Gasteiger partial charge in [0.2, 0.25) is 5.91 Å². The molecule has 0 saturated heterocycles. The molecule has 27 heavy (non-hydrogen) atoms. The molecule has 0 aliphatic heterocycles. The highest BCUT2D eigenvalue weighted by Gasteiger charge is 2.05. The van der Waals surface area contributed by atoms with Gasteiger partial charge in [-0.1, -0.05) is 30.0 Å². The van der Waals surface area contributed by atoms with Crippen molar-refractivity contribution in [2.45, 2.75) is 6.92 Å². The molecule has 0 heterocycles. The topological polar surface area (TPSA) is 76.7 Å². The van der Waals surface area contributed by atoms with E-state index >= 15 is 0 Å². The molecule has 0 bridgehead atoms. The van der Waals surface area contributed by atoms with Gasteiger partial charge in [0.1, 0.15) is 12.4 Å². The standard InChI is InChI=1S/C20H19FN2O4/c1-15(24)23-16-7-6-8-17(13-16)26-12-5-4-11-22-20(25)14-27-19-10-3-2-9-18(19)21/h2-3,6-10,13H,11-12,14H2,1H3,(H,22,25)(H,23,24). The zero-order chi connectivity index (χ0) is 19.5. The maximum atomic E-state index is 13.3. The average Bonchev–Trinajstić information content (AvgIpc) is 2.63. The minimum atomic E-state index is -0.523. The summed E-state index contributed by atoms with van der Waals surface area (Å²) in [4.78, 5) is 22.6.